The third-order valence-corrected chi connectivity index (χ3v) is 4.11. The third-order valence-electron chi connectivity index (χ3n) is 3.65. The molecule has 0 fully saturated rings. The number of carbonyl (C=O) groups excluding carboxylic acids is 1. The highest BCUT2D eigenvalue weighted by Gasteiger charge is 2.28. The van der Waals surface area contributed by atoms with Crippen LogP contribution in [0.2, 0.25) is 0 Å². The first kappa shape index (κ1) is 15.0. The summed E-state index contributed by atoms with van der Waals surface area (Å²) >= 11 is 3.42. The number of alkyl halides is 1. The van der Waals surface area contributed by atoms with E-state index >= 15 is 0 Å². The zero-order valence-corrected chi connectivity index (χ0v) is 12.9. The van der Waals surface area contributed by atoms with Crippen LogP contribution in [0.1, 0.15) is 25.3 Å². The van der Waals surface area contributed by atoms with Crippen LogP contribution in [0, 0.1) is 16.0 Å². The fourth-order valence-electron chi connectivity index (χ4n) is 2.41. The van der Waals surface area contributed by atoms with Crippen molar-refractivity contribution in [2.45, 2.75) is 26.2 Å². The summed E-state index contributed by atoms with van der Waals surface area (Å²) in [5, 5.41) is 11.7. The Balaban J connectivity index is 2.10. The molecule has 0 saturated carbocycles. The van der Waals surface area contributed by atoms with Crippen molar-refractivity contribution < 1.29 is 9.72 Å². The number of halogens is 1. The van der Waals surface area contributed by atoms with Gasteiger partial charge in [0.25, 0.3) is 5.69 Å². The van der Waals surface area contributed by atoms with Gasteiger partial charge in [-0.1, -0.05) is 22.9 Å². The maximum Gasteiger partial charge on any atom is 0.269 e. The second-order valence-corrected chi connectivity index (χ2v) is 5.96. The van der Waals surface area contributed by atoms with E-state index in [1.165, 1.54) is 12.1 Å². The van der Waals surface area contributed by atoms with E-state index in [1.54, 1.807) is 11.0 Å². The molecule has 108 valence electrons. The number of nitro groups is 1. The number of anilines is 1. The summed E-state index contributed by atoms with van der Waals surface area (Å²) in [6.45, 7) is 2.84. The number of rotatable bonds is 6. The molecule has 20 heavy (non-hydrogen) atoms. The molecule has 0 N–H and O–H groups in total. The van der Waals surface area contributed by atoms with Gasteiger partial charge in [-0.3, -0.25) is 14.9 Å². The number of carbonyl (C=O) groups is 1. The van der Waals surface area contributed by atoms with Gasteiger partial charge < -0.3 is 4.90 Å². The average molecular weight is 341 g/mol. The molecule has 6 heteroatoms. The molecule has 0 radical (unpaired) electrons. The van der Waals surface area contributed by atoms with E-state index < -0.39 is 4.92 Å². The number of nitro benzene ring substituents is 1. The molecule has 1 atom stereocenters. The Morgan fingerprint density at radius 2 is 2.20 bits per heavy atom. The molecule has 0 bridgehead atoms. The average Bonchev–Trinajstić information content (AvgIpc) is 2.71. The van der Waals surface area contributed by atoms with Gasteiger partial charge in [-0.25, -0.2) is 0 Å². The number of non-ortho nitro benzene ring substituents is 1. The molecule has 1 heterocycles. The maximum atomic E-state index is 12.0. The van der Waals surface area contributed by atoms with Gasteiger partial charge in [-0.15, -0.1) is 0 Å². The van der Waals surface area contributed by atoms with E-state index in [9.17, 15) is 14.9 Å². The number of benzene rings is 1. The fraction of sp³-hybridized carbons (Fsp3) is 0.500. The van der Waals surface area contributed by atoms with Crippen LogP contribution in [0.4, 0.5) is 11.4 Å². The molecule has 1 aliphatic heterocycles. The molecule has 1 aromatic carbocycles. The number of fused-ring (bicyclic) bond motifs is 1. The van der Waals surface area contributed by atoms with Crippen molar-refractivity contribution in [1.82, 2.24) is 0 Å². The van der Waals surface area contributed by atoms with Gasteiger partial charge in [-0.05, 0) is 30.4 Å². The molecule has 0 spiro atoms. The van der Waals surface area contributed by atoms with E-state index in [2.05, 4.69) is 22.9 Å². The van der Waals surface area contributed by atoms with Crippen molar-refractivity contribution in [2.24, 2.45) is 5.92 Å². The summed E-state index contributed by atoms with van der Waals surface area (Å²) in [6.07, 6.45) is 2.28. The Morgan fingerprint density at radius 1 is 1.45 bits per heavy atom. The maximum absolute atomic E-state index is 12.0. The predicted octanol–water partition coefficient (Wildman–Crippen LogP) is 3.30. The van der Waals surface area contributed by atoms with Crippen molar-refractivity contribution in [3.63, 3.8) is 0 Å². The van der Waals surface area contributed by atoms with Gasteiger partial charge in [0.15, 0.2) is 0 Å². The predicted molar refractivity (Wildman–Crippen MR) is 81.3 cm³/mol. The molecule has 5 nitrogen and oxygen atoms in total. The lowest BCUT2D eigenvalue weighted by atomic mass is 10.1. The number of hydrogen-bond acceptors (Lipinski definition) is 3. The van der Waals surface area contributed by atoms with Crippen LogP contribution in [0.5, 0.6) is 0 Å². The van der Waals surface area contributed by atoms with E-state index in [4.69, 9.17) is 0 Å². The van der Waals surface area contributed by atoms with Gasteiger partial charge >= 0.3 is 0 Å². The fourth-order valence-corrected chi connectivity index (χ4v) is 3.19. The Morgan fingerprint density at radius 3 is 2.85 bits per heavy atom. The summed E-state index contributed by atoms with van der Waals surface area (Å²) in [4.78, 5) is 24.1. The van der Waals surface area contributed by atoms with Gasteiger partial charge in [0.1, 0.15) is 0 Å². The van der Waals surface area contributed by atoms with Crippen LogP contribution < -0.4 is 4.90 Å². The van der Waals surface area contributed by atoms with Gasteiger partial charge in [-0.2, -0.15) is 0 Å². The molecule has 0 aromatic heterocycles. The minimum Gasteiger partial charge on any atom is -0.312 e. The molecule has 0 aliphatic carbocycles. The summed E-state index contributed by atoms with van der Waals surface area (Å²) in [5.41, 5.74) is 1.63. The second-order valence-electron chi connectivity index (χ2n) is 5.16. The van der Waals surface area contributed by atoms with Crippen molar-refractivity contribution in [2.75, 3.05) is 16.8 Å². The van der Waals surface area contributed by atoms with Gasteiger partial charge in [0.2, 0.25) is 5.91 Å². The van der Waals surface area contributed by atoms with E-state index in [0.29, 0.717) is 12.5 Å². The lowest BCUT2D eigenvalue weighted by molar-refractivity contribution is -0.384. The van der Waals surface area contributed by atoms with E-state index in [1.807, 2.05) is 0 Å². The normalized spacial score (nSPS) is 15.3. The summed E-state index contributed by atoms with van der Waals surface area (Å²) in [5.74, 6) is 0.579. The SMILES string of the molecule is CC(CCBr)CCN1C(=O)Cc2cc([N+](=O)[O-])ccc21. The molecule has 1 aliphatic rings. The molecular weight excluding hydrogens is 324 g/mol. The molecule has 1 unspecified atom stereocenters. The highest BCUT2D eigenvalue weighted by Crippen LogP contribution is 2.32. The Bertz CT molecular complexity index is 533. The Kier molecular flexibility index (Phi) is 4.75. The highest BCUT2D eigenvalue weighted by molar-refractivity contribution is 9.09. The topological polar surface area (TPSA) is 63.5 Å². The molecular formula is C14H17BrN2O3. The lowest BCUT2D eigenvalue weighted by Crippen LogP contribution is -2.28. The van der Waals surface area contributed by atoms with Crippen LogP contribution in [0.3, 0.4) is 0 Å². The zero-order valence-electron chi connectivity index (χ0n) is 11.3. The largest absolute Gasteiger partial charge is 0.312 e. The zero-order chi connectivity index (χ0) is 14.7. The summed E-state index contributed by atoms with van der Waals surface area (Å²) < 4.78 is 0. The Hall–Kier alpha value is -1.43. The van der Waals surface area contributed by atoms with E-state index in [0.717, 1.165) is 29.4 Å². The third kappa shape index (κ3) is 3.17. The van der Waals surface area contributed by atoms with Crippen LogP contribution in [-0.4, -0.2) is 22.7 Å². The number of nitrogens with zero attached hydrogens (tertiary/aromatic N) is 2. The van der Waals surface area contributed by atoms with Crippen molar-refractivity contribution in [3.05, 3.63) is 33.9 Å². The standard InChI is InChI=1S/C14H17BrN2O3/c1-10(4-6-15)5-7-16-13-3-2-12(17(19)20)8-11(13)9-14(16)18/h2-3,8,10H,4-7,9H2,1H3. The second kappa shape index (κ2) is 6.35. The lowest BCUT2D eigenvalue weighted by Gasteiger charge is -2.19. The van der Waals surface area contributed by atoms with Crippen molar-refractivity contribution >= 4 is 33.2 Å². The molecule has 0 saturated heterocycles. The highest BCUT2D eigenvalue weighted by atomic mass is 79.9. The molecule has 1 amide bonds. The minimum atomic E-state index is -0.425. The van der Waals surface area contributed by atoms with Crippen LogP contribution in [-0.2, 0) is 11.2 Å². The number of hydrogen-bond donors (Lipinski definition) is 0. The summed E-state index contributed by atoms with van der Waals surface area (Å²) in [6, 6.07) is 4.66. The monoisotopic (exact) mass is 340 g/mol. The Labute approximate surface area is 126 Å². The van der Waals surface area contributed by atoms with Crippen molar-refractivity contribution in [3.8, 4) is 0 Å². The minimum absolute atomic E-state index is 0.0338. The summed E-state index contributed by atoms with van der Waals surface area (Å²) in [7, 11) is 0. The smallest absolute Gasteiger partial charge is 0.269 e. The molecule has 1 aromatic rings. The first-order chi connectivity index (χ1) is 9.52. The van der Waals surface area contributed by atoms with Crippen LogP contribution >= 0.6 is 15.9 Å². The van der Waals surface area contributed by atoms with Gasteiger partial charge in [0, 0.05) is 29.7 Å². The first-order valence-electron chi connectivity index (χ1n) is 6.66. The quantitative estimate of drug-likeness (QED) is 0.453. The van der Waals surface area contributed by atoms with E-state index in [-0.39, 0.29) is 18.0 Å². The molecule has 2 rings (SSSR count). The van der Waals surface area contributed by atoms with Crippen LogP contribution in [0.15, 0.2) is 18.2 Å². The first-order valence-corrected chi connectivity index (χ1v) is 7.78. The van der Waals surface area contributed by atoms with Crippen molar-refractivity contribution in [1.29, 1.82) is 0 Å². The van der Waals surface area contributed by atoms with Gasteiger partial charge in [0.05, 0.1) is 11.3 Å². The number of amides is 1. The van der Waals surface area contributed by atoms with Crippen LogP contribution in [0.25, 0.3) is 0 Å².